The van der Waals surface area contributed by atoms with Gasteiger partial charge in [-0.15, -0.1) is 11.3 Å². The highest BCUT2D eigenvalue weighted by Gasteiger charge is 2.17. The number of thiophene rings is 1. The van der Waals surface area contributed by atoms with Gasteiger partial charge in [-0.05, 0) is 12.1 Å². The number of carbonyl (C=O) groups is 1. The fourth-order valence-electron chi connectivity index (χ4n) is 1.42. The van der Waals surface area contributed by atoms with Crippen LogP contribution in [0.5, 0.6) is 0 Å². The summed E-state index contributed by atoms with van der Waals surface area (Å²) in [6.07, 6.45) is 1.29. The zero-order valence-electron chi connectivity index (χ0n) is 10.1. The fourth-order valence-corrected chi connectivity index (χ4v) is 3.84. The third-order valence-electron chi connectivity index (χ3n) is 2.27. The topological polar surface area (TPSA) is 122 Å². The molecule has 0 bridgehead atoms. The lowest BCUT2D eigenvalue weighted by Gasteiger charge is -2.02. The molecule has 0 saturated heterocycles. The predicted molar refractivity (Wildman–Crippen MR) is 68.8 cm³/mol. The summed E-state index contributed by atoms with van der Waals surface area (Å²) in [7, 11) is -3.64. The molecular weight excluding hydrogens is 306 g/mol. The first-order valence-electron chi connectivity index (χ1n) is 5.53. The van der Waals surface area contributed by atoms with Crippen LogP contribution < -0.4 is 4.72 Å². The molecule has 0 saturated carbocycles. The van der Waals surface area contributed by atoms with Crippen molar-refractivity contribution in [2.45, 2.75) is 17.1 Å². The number of aliphatic carboxylic acids is 1. The molecule has 2 rings (SSSR count). The second-order valence-corrected chi connectivity index (χ2v) is 6.95. The van der Waals surface area contributed by atoms with Crippen LogP contribution in [0.4, 0.5) is 0 Å². The van der Waals surface area contributed by atoms with E-state index < -0.39 is 16.0 Å². The van der Waals surface area contributed by atoms with Crippen LogP contribution in [0, 0.1) is 0 Å². The number of carboxylic acid groups (broad SMARTS) is 1. The molecule has 20 heavy (non-hydrogen) atoms. The van der Waals surface area contributed by atoms with Gasteiger partial charge in [0, 0.05) is 17.8 Å². The summed E-state index contributed by atoms with van der Waals surface area (Å²) in [6, 6.07) is 2.88. The minimum atomic E-state index is -3.64. The van der Waals surface area contributed by atoms with Gasteiger partial charge in [-0.3, -0.25) is 4.79 Å². The number of nitrogens with zero attached hydrogens (tertiary/aromatic N) is 2. The van der Waals surface area contributed by atoms with E-state index in [0.29, 0.717) is 17.1 Å². The number of rotatable bonds is 7. The Balaban J connectivity index is 1.95. The highest BCUT2D eigenvalue weighted by molar-refractivity contribution is 7.91. The minimum Gasteiger partial charge on any atom is -0.481 e. The van der Waals surface area contributed by atoms with Crippen molar-refractivity contribution in [1.29, 1.82) is 0 Å². The molecule has 0 fully saturated rings. The minimum absolute atomic E-state index is 0.0851. The summed E-state index contributed by atoms with van der Waals surface area (Å²) in [5, 5.41) is 12.2. The van der Waals surface area contributed by atoms with Gasteiger partial charge in [-0.2, -0.15) is 4.98 Å². The van der Waals surface area contributed by atoms with E-state index in [1.165, 1.54) is 18.5 Å². The van der Waals surface area contributed by atoms with Gasteiger partial charge in [0.2, 0.25) is 16.4 Å². The zero-order chi connectivity index (χ0) is 14.6. The molecule has 0 amide bonds. The Labute approximate surface area is 118 Å². The Kier molecular flexibility index (Phi) is 4.47. The summed E-state index contributed by atoms with van der Waals surface area (Å²) < 4.78 is 30.9. The Bertz CT molecular complexity index is 678. The second kappa shape index (κ2) is 6.11. The van der Waals surface area contributed by atoms with Crippen molar-refractivity contribution < 1.29 is 22.8 Å². The Morgan fingerprint density at radius 3 is 2.90 bits per heavy atom. The van der Waals surface area contributed by atoms with Crippen LogP contribution in [0.3, 0.4) is 0 Å². The van der Waals surface area contributed by atoms with Crippen molar-refractivity contribution >= 4 is 27.3 Å². The van der Waals surface area contributed by atoms with Crippen molar-refractivity contribution in [2.75, 3.05) is 6.54 Å². The number of carboxylic acids is 1. The van der Waals surface area contributed by atoms with E-state index in [-0.39, 0.29) is 17.2 Å². The normalized spacial score (nSPS) is 11.6. The van der Waals surface area contributed by atoms with Crippen LogP contribution in [0.2, 0.25) is 0 Å². The molecule has 2 aromatic heterocycles. The molecule has 0 spiro atoms. The summed E-state index contributed by atoms with van der Waals surface area (Å²) in [4.78, 5) is 14.8. The van der Waals surface area contributed by atoms with Crippen molar-refractivity contribution in [3.8, 4) is 0 Å². The predicted octanol–water partition coefficient (Wildman–Crippen LogP) is 0.279. The monoisotopic (exact) mass is 317 g/mol. The van der Waals surface area contributed by atoms with Gasteiger partial charge < -0.3 is 9.63 Å². The summed E-state index contributed by atoms with van der Waals surface area (Å²) in [5.74, 6) is -0.591. The van der Waals surface area contributed by atoms with E-state index in [1.807, 2.05) is 0 Å². The van der Waals surface area contributed by atoms with Crippen LogP contribution in [0.1, 0.15) is 10.7 Å². The third kappa shape index (κ3) is 3.85. The van der Waals surface area contributed by atoms with Gasteiger partial charge in [0.25, 0.3) is 0 Å². The van der Waals surface area contributed by atoms with E-state index >= 15 is 0 Å². The zero-order valence-corrected chi connectivity index (χ0v) is 11.8. The van der Waals surface area contributed by atoms with E-state index in [0.717, 1.165) is 11.3 Å². The number of aromatic nitrogens is 2. The van der Waals surface area contributed by atoms with Gasteiger partial charge in [0.1, 0.15) is 4.21 Å². The Morgan fingerprint density at radius 1 is 1.45 bits per heavy atom. The highest BCUT2D eigenvalue weighted by Crippen LogP contribution is 2.21. The first-order valence-corrected chi connectivity index (χ1v) is 7.83. The van der Waals surface area contributed by atoms with E-state index in [2.05, 4.69) is 19.4 Å². The number of hydrogen-bond donors (Lipinski definition) is 2. The first-order chi connectivity index (χ1) is 9.47. The van der Waals surface area contributed by atoms with Gasteiger partial charge >= 0.3 is 5.97 Å². The smallest absolute Gasteiger partial charge is 0.308 e. The molecule has 0 aromatic carbocycles. The standard InChI is InChI=1S/C10H11N3O5S2/c14-9(15)5-7-1-2-10(19-7)20(16,17)12-4-3-8-11-6-18-13-8/h1-2,6,12H,3-5H2,(H,14,15). The molecule has 0 radical (unpaired) electrons. The molecule has 0 unspecified atom stereocenters. The van der Waals surface area contributed by atoms with Crippen LogP contribution >= 0.6 is 11.3 Å². The van der Waals surface area contributed by atoms with E-state index in [1.54, 1.807) is 0 Å². The maximum Gasteiger partial charge on any atom is 0.308 e. The van der Waals surface area contributed by atoms with E-state index in [4.69, 9.17) is 5.11 Å². The summed E-state index contributed by atoms with van der Waals surface area (Å²) in [6.45, 7) is 0.133. The van der Waals surface area contributed by atoms with Crippen molar-refractivity contribution in [3.05, 3.63) is 29.2 Å². The lowest BCUT2D eigenvalue weighted by molar-refractivity contribution is -0.136. The quantitative estimate of drug-likeness (QED) is 0.752. The van der Waals surface area contributed by atoms with Crippen LogP contribution in [0.15, 0.2) is 27.3 Å². The van der Waals surface area contributed by atoms with Gasteiger partial charge in [-0.25, -0.2) is 13.1 Å². The molecule has 108 valence electrons. The molecule has 0 aliphatic heterocycles. The second-order valence-electron chi connectivity index (χ2n) is 3.79. The third-order valence-corrected chi connectivity index (χ3v) is 5.31. The number of hydrogen-bond acceptors (Lipinski definition) is 7. The fraction of sp³-hybridized carbons (Fsp3) is 0.300. The average molecular weight is 317 g/mol. The number of nitrogens with one attached hydrogen (secondary N) is 1. The van der Waals surface area contributed by atoms with Gasteiger partial charge in [0.05, 0.1) is 6.42 Å². The lowest BCUT2D eigenvalue weighted by atomic mass is 10.3. The SMILES string of the molecule is O=C(O)Cc1ccc(S(=O)(=O)NCCc2ncon2)s1. The maximum atomic E-state index is 11.9. The molecule has 0 atom stereocenters. The van der Waals surface area contributed by atoms with Crippen molar-refractivity contribution in [3.63, 3.8) is 0 Å². The molecular formula is C10H11N3O5S2. The molecule has 2 N–H and O–H groups in total. The average Bonchev–Trinajstić information content (AvgIpc) is 2.99. The molecule has 0 aliphatic rings. The molecule has 8 nitrogen and oxygen atoms in total. The molecule has 2 aromatic rings. The van der Waals surface area contributed by atoms with Crippen LogP contribution in [-0.4, -0.2) is 36.2 Å². The van der Waals surface area contributed by atoms with Crippen LogP contribution in [0.25, 0.3) is 0 Å². The largest absolute Gasteiger partial charge is 0.481 e. The molecule has 10 heteroatoms. The van der Waals surface area contributed by atoms with Gasteiger partial charge in [-0.1, -0.05) is 5.16 Å². The summed E-state index contributed by atoms with van der Waals surface area (Å²) in [5.41, 5.74) is 0. The van der Waals surface area contributed by atoms with Crippen LogP contribution in [-0.2, 0) is 27.7 Å². The van der Waals surface area contributed by atoms with Gasteiger partial charge in [0.15, 0.2) is 5.82 Å². The van der Waals surface area contributed by atoms with Crippen molar-refractivity contribution in [2.24, 2.45) is 0 Å². The Morgan fingerprint density at radius 2 is 2.25 bits per heavy atom. The van der Waals surface area contributed by atoms with E-state index in [9.17, 15) is 13.2 Å². The lowest BCUT2D eigenvalue weighted by Crippen LogP contribution is -2.25. The maximum absolute atomic E-state index is 11.9. The molecule has 0 aliphatic carbocycles. The molecule has 2 heterocycles. The van der Waals surface area contributed by atoms with Crippen molar-refractivity contribution in [1.82, 2.24) is 14.9 Å². The Hall–Kier alpha value is -1.78. The highest BCUT2D eigenvalue weighted by atomic mass is 32.2. The summed E-state index contributed by atoms with van der Waals surface area (Å²) >= 11 is 0.935. The number of sulfonamides is 1. The first kappa shape index (κ1) is 14.6.